The van der Waals surface area contributed by atoms with Gasteiger partial charge >= 0.3 is 0 Å². The van der Waals surface area contributed by atoms with E-state index >= 15 is 0 Å². The molecule has 2 aromatic rings. The third kappa shape index (κ3) is 2.86. The van der Waals surface area contributed by atoms with Gasteiger partial charge in [0.15, 0.2) is 0 Å². The third-order valence-electron chi connectivity index (χ3n) is 4.02. The lowest BCUT2D eigenvalue weighted by Crippen LogP contribution is -2.18. The molecule has 0 aliphatic carbocycles. The second-order valence-corrected chi connectivity index (χ2v) is 7.86. The van der Waals surface area contributed by atoms with E-state index in [1.807, 2.05) is 0 Å². The van der Waals surface area contributed by atoms with Crippen LogP contribution in [0.15, 0.2) is 47.4 Å². The summed E-state index contributed by atoms with van der Waals surface area (Å²) in [5.74, 6) is 1.03. The Hall–Kier alpha value is -0.930. The summed E-state index contributed by atoms with van der Waals surface area (Å²) in [4.78, 5) is 1.51. The number of alkyl halides is 1. The zero-order chi connectivity index (χ0) is 15.0. The summed E-state index contributed by atoms with van der Waals surface area (Å²) >= 11 is 5.61. The molecular formula is C18H19BrOS. The molecule has 1 aliphatic heterocycles. The van der Waals surface area contributed by atoms with Crippen molar-refractivity contribution in [2.45, 2.75) is 29.0 Å². The number of rotatable bonds is 3. The molecule has 1 nitrogen and oxygen atoms in total. The molecule has 1 aliphatic rings. The van der Waals surface area contributed by atoms with Gasteiger partial charge in [-0.15, -0.1) is 11.8 Å². The van der Waals surface area contributed by atoms with Crippen LogP contribution in [0.1, 0.15) is 35.4 Å². The van der Waals surface area contributed by atoms with Crippen molar-refractivity contribution in [3.8, 4) is 5.75 Å². The summed E-state index contributed by atoms with van der Waals surface area (Å²) in [6, 6.07) is 15.3. The zero-order valence-corrected chi connectivity index (χ0v) is 14.9. The number of ether oxygens (including phenoxy) is 1. The fourth-order valence-electron chi connectivity index (χ4n) is 2.66. The SMILES string of the molecule is CSc1ccc(C(Br)c2ccc3c(c2)C(C)(C)CO3)cc1. The number of fused-ring (bicyclic) bond motifs is 1. The Morgan fingerprint density at radius 3 is 2.43 bits per heavy atom. The number of halogens is 1. The fraction of sp³-hybridized carbons (Fsp3) is 0.333. The maximum atomic E-state index is 5.77. The molecule has 0 saturated carbocycles. The average molecular weight is 363 g/mol. The number of thioether (sulfide) groups is 1. The Balaban J connectivity index is 1.93. The molecule has 0 aromatic heterocycles. The van der Waals surface area contributed by atoms with Gasteiger partial charge in [-0.25, -0.2) is 0 Å². The Bertz CT molecular complexity index is 649. The van der Waals surface area contributed by atoms with Gasteiger partial charge in [-0.05, 0) is 41.6 Å². The highest BCUT2D eigenvalue weighted by Gasteiger charge is 2.32. The van der Waals surface area contributed by atoms with Crippen LogP contribution in [-0.2, 0) is 5.41 Å². The first kappa shape index (κ1) is 15.0. The molecule has 0 fully saturated rings. The van der Waals surface area contributed by atoms with Gasteiger partial charge in [0.05, 0.1) is 11.4 Å². The van der Waals surface area contributed by atoms with Crippen molar-refractivity contribution in [2.24, 2.45) is 0 Å². The van der Waals surface area contributed by atoms with Gasteiger partial charge in [-0.1, -0.05) is 48.0 Å². The van der Waals surface area contributed by atoms with E-state index < -0.39 is 0 Å². The zero-order valence-electron chi connectivity index (χ0n) is 12.5. The highest BCUT2D eigenvalue weighted by atomic mass is 79.9. The predicted octanol–water partition coefficient (Wildman–Crippen LogP) is 5.56. The molecule has 2 aromatic carbocycles. The van der Waals surface area contributed by atoms with Gasteiger partial charge in [0.1, 0.15) is 5.75 Å². The average Bonchev–Trinajstić information content (AvgIpc) is 2.82. The maximum absolute atomic E-state index is 5.77. The summed E-state index contributed by atoms with van der Waals surface area (Å²) in [5.41, 5.74) is 3.97. The Kier molecular flexibility index (Phi) is 4.06. The predicted molar refractivity (Wildman–Crippen MR) is 94.0 cm³/mol. The minimum absolute atomic E-state index is 0.0980. The second kappa shape index (κ2) is 5.69. The van der Waals surface area contributed by atoms with Crippen molar-refractivity contribution in [1.29, 1.82) is 0 Å². The topological polar surface area (TPSA) is 9.23 Å². The third-order valence-corrected chi connectivity index (χ3v) is 5.82. The molecule has 1 atom stereocenters. The van der Waals surface area contributed by atoms with Gasteiger partial charge in [0.2, 0.25) is 0 Å². The molecule has 3 heteroatoms. The molecule has 21 heavy (non-hydrogen) atoms. The molecule has 1 heterocycles. The van der Waals surface area contributed by atoms with Crippen LogP contribution in [0.4, 0.5) is 0 Å². The van der Waals surface area contributed by atoms with Crippen molar-refractivity contribution >= 4 is 27.7 Å². The number of hydrogen-bond donors (Lipinski definition) is 0. The van der Waals surface area contributed by atoms with Crippen LogP contribution >= 0.6 is 27.7 Å². The van der Waals surface area contributed by atoms with Crippen LogP contribution in [0.25, 0.3) is 0 Å². The first-order valence-electron chi connectivity index (χ1n) is 7.06. The number of benzene rings is 2. The monoisotopic (exact) mass is 362 g/mol. The molecule has 0 radical (unpaired) electrons. The summed E-state index contributed by atoms with van der Waals surface area (Å²) < 4.78 is 5.77. The number of hydrogen-bond acceptors (Lipinski definition) is 2. The van der Waals surface area contributed by atoms with Crippen LogP contribution in [0.2, 0.25) is 0 Å². The van der Waals surface area contributed by atoms with Gasteiger partial charge in [-0.2, -0.15) is 0 Å². The van der Waals surface area contributed by atoms with Crippen LogP contribution in [0.3, 0.4) is 0 Å². The summed E-state index contributed by atoms with van der Waals surface area (Å²) in [5, 5.41) is 0. The Labute approximate surface area is 139 Å². The van der Waals surface area contributed by atoms with Gasteiger partial charge < -0.3 is 4.74 Å². The van der Waals surface area contributed by atoms with E-state index in [9.17, 15) is 0 Å². The lowest BCUT2D eigenvalue weighted by molar-refractivity contribution is 0.291. The summed E-state index contributed by atoms with van der Waals surface area (Å²) in [7, 11) is 0. The Morgan fingerprint density at radius 2 is 1.76 bits per heavy atom. The van der Waals surface area contributed by atoms with E-state index in [4.69, 9.17) is 4.74 Å². The normalized spacial score (nSPS) is 17.1. The minimum Gasteiger partial charge on any atom is -0.492 e. The van der Waals surface area contributed by atoms with Gasteiger partial charge in [-0.3, -0.25) is 0 Å². The minimum atomic E-state index is 0.0980. The molecule has 0 N–H and O–H groups in total. The molecule has 0 spiro atoms. The highest BCUT2D eigenvalue weighted by molar-refractivity contribution is 9.09. The molecule has 0 amide bonds. The van der Waals surface area contributed by atoms with E-state index in [-0.39, 0.29) is 10.2 Å². The van der Waals surface area contributed by atoms with Crippen LogP contribution in [0, 0.1) is 0 Å². The molecule has 3 rings (SSSR count). The maximum Gasteiger partial charge on any atom is 0.123 e. The van der Waals surface area contributed by atoms with E-state index in [1.54, 1.807) is 11.8 Å². The largest absolute Gasteiger partial charge is 0.492 e. The lowest BCUT2D eigenvalue weighted by atomic mass is 9.85. The second-order valence-electron chi connectivity index (χ2n) is 6.06. The summed E-state index contributed by atoms with van der Waals surface area (Å²) in [6.45, 7) is 5.24. The van der Waals surface area contributed by atoms with E-state index in [1.165, 1.54) is 21.6 Å². The van der Waals surface area contributed by atoms with Gasteiger partial charge in [0, 0.05) is 15.9 Å². The summed E-state index contributed by atoms with van der Waals surface area (Å²) in [6.07, 6.45) is 2.10. The fourth-order valence-corrected chi connectivity index (χ4v) is 3.66. The first-order chi connectivity index (χ1) is 10.0. The molecule has 0 bridgehead atoms. The first-order valence-corrected chi connectivity index (χ1v) is 9.20. The molecular weight excluding hydrogens is 344 g/mol. The van der Waals surface area contributed by atoms with Crippen molar-refractivity contribution < 1.29 is 4.74 Å². The van der Waals surface area contributed by atoms with Crippen molar-refractivity contribution in [3.63, 3.8) is 0 Å². The van der Waals surface area contributed by atoms with Crippen LogP contribution in [-0.4, -0.2) is 12.9 Å². The highest BCUT2D eigenvalue weighted by Crippen LogP contribution is 2.41. The Morgan fingerprint density at radius 1 is 1.10 bits per heavy atom. The van der Waals surface area contributed by atoms with Crippen molar-refractivity contribution in [2.75, 3.05) is 12.9 Å². The van der Waals surface area contributed by atoms with Crippen molar-refractivity contribution in [1.82, 2.24) is 0 Å². The van der Waals surface area contributed by atoms with E-state index in [0.717, 1.165) is 12.4 Å². The van der Waals surface area contributed by atoms with Crippen LogP contribution < -0.4 is 4.74 Å². The quantitative estimate of drug-likeness (QED) is 0.521. The molecule has 110 valence electrons. The smallest absolute Gasteiger partial charge is 0.123 e. The molecule has 0 saturated heterocycles. The lowest BCUT2D eigenvalue weighted by Gasteiger charge is -2.18. The van der Waals surface area contributed by atoms with E-state index in [0.29, 0.717) is 0 Å². The van der Waals surface area contributed by atoms with Crippen molar-refractivity contribution in [3.05, 3.63) is 59.2 Å². The van der Waals surface area contributed by atoms with E-state index in [2.05, 4.69) is 78.5 Å². The van der Waals surface area contributed by atoms with Crippen LogP contribution in [0.5, 0.6) is 5.75 Å². The van der Waals surface area contributed by atoms with Gasteiger partial charge in [0.25, 0.3) is 0 Å². The standard InChI is InChI=1S/C18H19BrOS/c1-18(2)11-20-16-9-6-13(10-15(16)18)17(19)12-4-7-14(21-3)8-5-12/h4-10,17H,11H2,1-3H3. The molecule has 1 unspecified atom stereocenters.